The molecule has 0 fully saturated rings. The van der Waals surface area contributed by atoms with Crippen LogP contribution in [-0.4, -0.2) is 18.5 Å². The lowest BCUT2D eigenvalue weighted by atomic mass is 9.98. The lowest BCUT2D eigenvalue weighted by molar-refractivity contribution is 0.418. The van der Waals surface area contributed by atoms with Gasteiger partial charge in [-0.2, -0.15) is 0 Å². The minimum atomic E-state index is 0.540. The average molecular weight is 187 g/mol. The zero-order valence-corrected chi connectivity index (χ0v) is 8.96. The molecule has 0 N–H and O–H groups in total. The maximum absolute atomic E-state index is 4.13. The van der Waals surface area contributed by atoms with E-state index in [-0.39, 0.29) is 0 Å². The van der Waals surface area contributed by atoms with Gasteiger partial charge in [-0.15, -0.1) is 0 Å². The molecule has 0 aromatic rings. The molecule has 1 aliphatic heterocycles. The number of hydrogen-bond acceptors (Lipinski definition) is 1. The van der Waals surface area contributed by atoms with Crippen LogP contribution >= 0.6 is 0 Å². The van der Waals surface area contributed by atoms with E-state index in [9.17, 15) is 0 Å². The summed E-state index contributed by atoms with van der Waals surface area (Å²) in [6.45, 7) is 7.42. The first kappa shape index (κ1) is 9.32. The molecule has 0 saturated heterocycles. The van der Waals surface area contributed by atoms with Crippen molar-refractivity contribution in [1.82, 2.24) is 4.90 Å². The van der Waals surface area contributed by atoms with Crippen LogP contribution < -0.4 is 0 Å². The molecule has 0 amide bonds. The van der Waals surface area contributed by atoms with Gasteiger partial charge in [0.15, 0.2) is 0 Å². The van der Waals surface area contributed by atoms with Crippen molar-refractivity contribution in [2.75, 3.05) is 13.6 Å². The van der Waals surface area contributed by atoms with Gasteiger partial charge >= 0.3 is 0 Å². The predicted molar refractivity (Wildman–Crippen MR) is 60.9 cm³/mol. The van der Waals surface area contributed by atoms with Crippen molar-refractivity contribution in [3.8, 4) is 0 Å². The zero-order valence-electron chi connectivity index (χ0n) is 8.96. The van der Waals surface area contributed by atoms with E-state index >= 15 is 0 Å². The summed E-state index contributed by atoms with van der Waals surface area (Å²) < 4.78 is 0. The first-order valence-electron chi connectivity index (χ1n) is 5.18. The Bertz CT molecular complexity index is 344. The van der Waals surface area contributed by atoms with Crippen LogP contribution in [0.3, 0.4) is 0 Å². The Morgan fingerprint density at radius 1 is 1.36 bits per heavy atom. The van der Waals surface area contributed by atoms with Gasteiger partial charge in [0.2, 0.25) is 0 Å². The minimum Gasteiger partial charge on any atom is -0.374 e. The molecule has 0 bridgehead atoms. The van der Waals surface area contributed by atoms with Gasteiger partial charge in [-0.3, -0.25) is 0 Å². The summed E-state index contributed by atoms with van der Waals surface area (Å²) in [6, 6.07) is 0. The van der Waals surface area contributed by atoms with Crippen LogP contribution in [0.4, 0.5) is 0 Å². The standard InChI is InChI=1S/C13H17N/c1-10-4-6-12-8-9-14(3)11(2)13(12)7-5-10/h4-7,10H,2,8-9H2,1,3H3. The fourth-order valence-corrected chi connectivity index (χ4v) is 1.91. The first-order valence-corrected chi connectivity index (χ1v) is 5.18. The Balaban J connectivity index is 2.40. The van der Waals surface area contributed by atoms with Gasteiger partial charge in [0.25, 0.3) is 0 Å². The molecular weight excluding hydrogens is 170 g/mol. The van der Waals surface area contributed by atoms with Crippen LogP contribution in [0.1, 0.15) is 13.3 Å². The Morgan fingerprint density at radius 3 is 2.86 bits per heavy atom. The molecule has 0 radical (unpaired) electrons. The van der Waals surface area contributed by atoms with E-state index in [0.717, 1.165) is 18.7 Å². The molecule has 2 aliphatic rings. The highest BCUT2D eigenvalue weighted by molar-refractivity contribution is 5.49. The third kappa shape index (κ3) is 1.54. The van der Waals surface area contributed by atoms with Gasteiger partial charge in [-0.1, -0.05) is 37.8 Å². The van der Waals surface area contributed by atoms with Gasteiger partial charge < -0.3 is 4.90 Å². The number of allylic oxidation sites excluding steroid dienone is 4. The van der Waals surface area contributed by atoms with E-state index in [1.165, 1.54) is 11.1 Å². The van der Waals surface area contributed by atoms with Crippen LogP contribution in [0.25, 0.3) is 0 Å². The lowest BCUT2D eigenvalue weighted by Gasteiger charge is -2.29. The molecule has 14 heavy (non-hydrogen) atoms. The zero-order chi connectivity index (χ0) is 10.1. The van der Waals surface area contributed by atoms with E-state index in [1.807, 2.05) is 0 Å². The van der Waals surface area contributed by atoms with Crippen LogP contribution in [0, 0.1) is 5.92 Å². The largest absolute Gasteiger partial charge is 0.374 e. The Labute approximate surface area is 86.1 Å². The number of rotatable bonds is 0. The molecule has 74 valence electrons. The normalized spacial score (nSPS) is 26.6. The Kier molecular flexibility index (Phi) is 2.32. The van der Waals surface area contributed by atoms with Gasteiger partial charge in [0, 0.05) is 24.9 Å². The Morgan fingerprint density at radius 2 is 2.07 bits per heavy atom. The average Bonchev–Trinajstić information content (AvgIpc) is 2.35. The Hall–Kier alpha value is -1.24. The second-order valence-corrected chi connectivity index (χ2v) is 4.13. The van der Waals surface area contributed by atoms with Crippen molar-refractivity contribution in [1.29, 1.82) is 0 Å². The minimum absolute atomic E-state index is 0.540. The molecule has 1 atom stereocenters. The molecule has 2 rings (SSSR count). The summed E-state index contributed by atoms with van der Waals surface area (Å²) in [5, 5.41) is 0. The SMILES string of the molecule is C=C1C2=C(C=CC(C)C=C2)CCN1C. The third-order valence-corrected chi connectivity index (χ3v) is 3.00. The van der Waals surface area contributed by atoms with Crippen molar-refractivity contribution < 1.29 is 0 Å². The van der Waals surface area contributed by atoms with Crippen molar-refractivity contribution in [2.45, 2.75) is 13.3 Å². The number of hydrogen-bond donors (Lipinski definition) is 0. The second-order valence-electron chi connectivity index (χ2n) is 4.13. The molecule has 0 aromatic heterocycles. The van der Waals surface area contributed by atoms with Gasteiger partial charge in [-0.05, 0) is 17.9 Å². The van der Waals surface area contributed by atoms with Crippen molar-refractivity contribution in [3.05, 3.63) is 47.7 Å². The topological polar surface area (TPSA) is 3.24 Å². The van der Waals surface area contributed by atoms with Crippen molar-refractivity contribution in [2.24, 2.45) is 5.92 Å². The molecule has 0 aromatic carbocycles. The monoisotopic (exact) mass is 187 g/mol. The van der Waals surface area contributed by atoms with E-state index < -0.39 is 0 Å². The fourth-order valence-electron chi connectivity index (χ4n) is 1.91. The highest BCUT2D eigenvalue weighted by Gasteiger charge is 2.17. The van der Waals surface area contributed by atoms with Gasteiger partial charge in [-0.25, -0.2) is 0 Å². The summed E-state index contributed by atoms with van der Waals surface area (Å²) in [7, 11) is 2.11. The highest BCUT2D eigenvalue weighted by atomic mass is 15.1. The molecule has 0 saturated carbocycles. The molecule has 1 heteroatoms. The van der Waals surface area contributed by atoms with Crippen LogP contribution in [0.5, 0.6) is 0 Å². The van der Waals surface area contributed by atoms with E-state index in [1.54, 1.807) is 0 Å². The van der Waals surface area contributed by atoms with Gasteiger partial charge in [0.05, 0.1) is 0 Å². The summed E-state index contributed by atoms with van der Waals surface area (Å²) in [5.74, 6) is 0.540. The molecule has 1 heterocycles. The lowest BCUT2D eigenvalue weighted by Crippen LogP contribution is -2.24. The molecule has 1 aliphatic carbocycles. The summed E-state index contributed by atoms with van der Waals surface area (Å²) in [5.41, 5.74) is 3.91. The molecule has 1 nitrogen and oxygen atoms in total. The number of nitrogens with zero attached hydrogens (tertiary/aromatic N) is 1. The van der Waals surface area contributed by atoms with Crippen molar-refractivity contribution in [3.63, 3.8) is 0 Å². The third-order valence-electron chi connectivity index (χ3n) is 3.00. The molecule has 1 unspecified atom stereocenters. The summed E-state index contributed by atoms with van der Waals surface area (Å²) in [4.78, 5) is 2.23. The summed E-state index contributed by atoms with van der Waals surface area (Å²) in [6.07, 6.45) is 10.1. The van der Waals surface area contributed by atoms with E-state index in [0.29, 0.717) is 5.92 Å². The van der Waals surface area contributed by atoms with Crippen LogP contribution in [0.15, 0.2) is 47.7 Å². The molecule has 0 spiro atoms. The van der Waals surface area contributed by atoms with Crippen molar-refractivity contribution >= 4 is 0 Å². The fraction of sp³-hybridized carbons (Fsp3) is 0.385. The second kappa shape index (κ2) is 3.49. The number of likely N-dealkylation sites (N-methyl/N-ethyl adjacent to an activating group) is 1. The summed E-state index contributed by atoms with van der Waals surface area (Å²) >= 11 is 0. The molecular formula is C13H17N. The van der Waals surface area contributed by atoms with Crippen LogP contribution in [-0.2, 0) is 0 Å². The maximum Gasteiger partial charge on any atom is 0.0366 e. The van der Waals surface area contributed by atoms with E-state index in [4.69, 9.17) is 0 Å². The van der Waals surface area contributed by atoms with E-state index in [2.05, 4.69) is 49.8 Å². The van der Waals surface area contributed by atoms with Crippen LogP contribution in [0.2, 0.25) is 0 Å². The quantitative estimate of drug-likeness (QED) is 0.563. The maximum atomic E-state index is 4.13. The highest BCUT2D eigenvalue weighted by Crippen LogP contribution is 2.29. The van der Waals surface area contributed by atoms with Gasteiger partial charge in [0.1, 0.15) is 0 Å². The first-order chi connectivity index (χ1) is 6.68. The smallest absolute Gasteiger partial charge is 0.0366 e. The predicted octanol–water partition coefficient (Wildman–Crippen LogP) is 2.89.